The van der Waals surface area contributed by atoms with Crippen LogP contribution in [0.2, 0.25) is 0 Å². The Kier molecular flexibility index (Phi) is 3.56. The van der Waals surface area contributed by atoms with Gasteiger partial charge in [-0.3, -0.25) is 4.79 Å². The van der Waals surface area contributed by atoms with E-state index < -0.39 is 5.97 Å². The van der Waals surface area contributed by atoms with Crippen LogP contribution in [-0.2, 0) is 11.3 Å². The third kappa shape index (κ3) is 2.95. The smallest absolute Gasteiger partial charge is 0.338 e. The van der Waals surface area contributed by atoms with Crippen LogP contribution in [0.5, 0.6) is 0 Å². The molecule has 0 bridgehead atoms. The molecule has 0 radical (unpaired) electrons. The topological polar surface area (TPSA) is 97.1 Å². The predicted molar refractivity (Wildman–Crippen MR) is 66.8 cm³/mol. The van der Waals surface area contributed by atoms with Gasteiger partial charge >= 0.3 is 5.97 Å². The van der Waals surface area contributed by atoms with Crippen LogP contribution in [0.3, 0.4) is 0 Å². The van der Waals surface area contributed by atoms with Gasteiger partial charge in [0.1, 0.15) is 6.54 Å². The Morgan fingerprint density at radius 1 is 1.42 bits per heavy atom. The molecule has 19 heavy (non-hydrogen) atoms. The molecule has 0 fully saturated rings. The molecule has 2 N–H and O–H groups in total. The molecule has 1 heterocycles. The van der Waals surface area contributed by atoms with Gasteiger partial charge in [-0.2, -0.15) is 0 Å². The number of anilines is 1. The van der Waals surface area contributed by atoms with E-state index in [1.54, 1.807) is 31.3 Å². The normalized spacial score (nSPS) is 10.2. The van der Waals surface area contributed by atoms with Gasteiger partial charge in [0.05, 0.1) is 17.4 Å². The van der Waals surface area contributed by atoms with Gasteiger partial charge in [0.15, 0.2) is 0 Å². The van der Waals surface area contributed by atoms with Crippen LogP contribution < -0.4 is 5.32 Å². The summed E-state index contributed by atoms with van der Waals surface area (Å²) in [6, 6.07) is 4.92. The molecule has 0 aliphatic rings. The van der Waals surface area contributed by atoms with Gasteiger partial charge in [-0.25, -0.2) is 9.48 Å². The number of nitrogens with one attached hydrogen (secondary N) is 1. The number of rotatable bonds is 4. The molecule has 0 aliphatic heterocycles. The highest BCUT2D eigenvalue weighted by molar-refractivity contribution is 6.01. The van der Waals surface area contributed by atoms with Crippen LogP contribution in [0, 0.1) is 6.92 Å². The van der Waals surface area contributed by atoms with E-state index in [0.29, 0.717) is 5.56 Å². The van der Waals surface area contributed by atoms with Gasteiger partial charge in [0.25, 0.3) is 0 Å². The summed E-state index contributed by atoms with van der Waals surface area (Å²) >= 11 is 0. The number of hydrogen-bond donors (Lipinski definition) is 2. The molecular weight excluding hydrogens is 248 g/mol. The number of benzene rings is 1. The number of aromatic carboxylic acids is 1. The van der Waals surface area contributed by atoms with E-state index in [1.807, 2.05) is 0 Å². The Balaban J connectivity index is 2.17. The number of amides is 1. The molecule has 7 nitrogen and oxygen atoms in total. The average Bonchev–Trinajstić information content (AvgIpc) is 2.81. The number of aromatic nitrogens is 3. The van der Waals surface area contributed by atoms with Crippen molar-refractivity contribution in [3.05, 3.63) is 41.7 Å². The van der Waals surface area contributed by atoms with Crippen LogP contribution in [-0.4, -0.2) is 32.0 Å². The maximum Gasteiger partial charge on any atom is 0.338 e. The first kappa shape index (κ1) is 12.7. The van der Waals surface area contributed by atoms with E-state index in [1.165, 1.54) is 10.9 Å². The maximum absolute atomic E-state index is 11.8. The average molecular weight is 260 g/mol. The van der Waals surface area contributed by atoms with Crippen LogP contribution in [0.25, 0.3) is 0 Å². The monoisotopic (exact) mass is 260 g/mol. The second-order valence-corrected chi connectivity index (χ2v) is 3.95. The Bertz CT molecular complexity index is 607. The van der Waals surface area contributed by atoms with Crippen molar-refractivity contribution >= 4 is 17.6 Å². The lowest BCUT2D eigenvalue weighted by molar-refractivity contribution is -0.116. The summed E-state index contributed by atoms with van der Waals surface area (Å²) < 4.78 is 1.35. The predicted octanol–water partition coefficient (Wildman–Crippen LogP) is 0.923. The van der Waals surface area contributed by atoms with Gasteiger partial charge in [0, 0.05) is 6.20 Å². The molecule has 1 aromatic carbocycles. The van der Waals surface area contributed by atoms with E-state index >= 15 is 0 Å². The molecule has 0 saturated heterocycles. The lowest BCUT2D eigenvalue weighted by Crippen LogP contribution is -2.21. The third-order valence-electron chi connectivity index (χ3n) is 2.54. The zero-order valence-corrected chi connectivity index (χ0v) is 10.2. The first-order valence-corrected chi connectivity index (χ1v) is 5.55. The fraction of sp³-hybridized carbons (Fsp3) is 0.167. The second-order valence-electron chi connectivity index (χ2n) is 3.95. The van der Waals surface area contributed by atoms with Gasteiger partial charge < -0.3 is 10.4 Å². The molecule has 0 spiro atoms. The zero-order valence-electron chi connectivity index (χ0n) is 10.2. The summed E-state index contributed by atoms with van der Waals surface area (Å²) in [5.74, 6) is -1.44. The van der Waals surface area contributed by atoms with Gasteiger partial charge in [-0.05, 0) is 18.6 Å². The Morgan fingerprint density at radius 2 is 2.21 bits per heavy atom. The van der Waals surface area contributed by atoms with Crippen LogP contribution >= 0.6 is 0 Å². The van der Waals surface area contributed by atoms with Gasteiger partial charge in [-0.15, -0.1) is 5.10 Å². The minimum Gasteiger partial charge on any atom is -0.478 e. The summed E-state index contributed by atoms with van der Waals surface area (Å²) in [6.07, 6.45) is 3.01. The van der Waals surface area contributed by atoms with Crippen molar-refractivity contribution in [3.8, 4) is 0 Å². The largest absolute Gasteiger partial charge is 0.478 e. The maximum atomic E-state index is 11.8. The standard InChI is InChI=1S/C12H12N4O3/c1-8-3-2-4-9(11(8)12(18)19)14-10(17)7-16-6-5-13-15-16/h2-6H,7H2,1H3,(H,14,17)(H,18,19). The van der Waals surface area contributed by atoms with Crippen molar-refractivity contribution in [1.82, 2.24) is 15.0 Å². The van der Waals surface area contributed by atoms with Crippen molar-refractivity contribution in [2.45, 2.75) is 13.5 Å². The van der Waals surface area contributed by atoms with E-state index in [2.05, 4.69) is 15.6 Å². The highest BCUT2D eigenvalue weighted by atomic mass is 16.4. The third-order valence-corrected chi connectivity index (χ3v) is 2.54. The molecule has 0 atom stereocenters. The van der Waals surface area contributed by atoms with Crippen molar-refractivity contribution in [2.75, 3.05) is 5.32 Å². The van der Waals surface area contributed by atoms with Crippen molar-refractivity contribution < 1.29 is 14.7 Å². The molecule has 7 heteroatoms. The zero-order chi connectivity index (χ0) is 13.8. The van der Waals surface area contributed by atoms with E-state index in [-0.39, 0.29) is 23.7 Å². The SMILES string of the molecule is Cc1cccc(NC(=O)Cn2ccnn2)c1C(=O)O. The number of carboxylic acid groups (broad SMARTS) is 1. The highest BCUT2D eigenvalue weighted by Gasteiger charge is 2.15. The lowest BCUT2D eigenvalue weighted by Gasteiger charge is -2.10. The molecule has 0 saturated carbocycles. The first-order chi connectivity index (χ1) is 9.08. The Morgan fingerprint density at radius 3 is 2.84 bits per heavy atom. The molecular formula is C12H12N4O3. The van der Waals surface area contributed by atoms with Crippen molar-refractivity contribution in [2.24, 2.45) is 0 Å². The molecule has 1 amide bonds. The molecule has 0 aliphatic carbocycles. The number of nitrogens with zero attached hydrogens (tertiary/aromatic N) is 3. The molecule has 2 aromatic rings. The first-order valence-electron chi connectivity index (χ1n) is 5.55. The molecule has 0 unspecified atom stereocenters. The number of carbonyl (C=O) groups excluding carboxylic acids is 1. The fourth-order valence-electron chi connectivity index (χ4n) is 1.71. The quantitative estimate of drug-likeness (QED) is 0.852. The summed E-state index contributed by atoms with van der Waals surface area (Å²) in [5.41, 5.74) is 0.957. The molecule has 98 valence electrons. The molecule has 2 rings (SSSR count). The number of hydrogen-bond acceptors (Lipinski definition) is 4. The highest BCUT2D eigenvalue weighted by Crippen LogP contribution is 2.19. The van der Waals surface area contributed by atoms with E-state index in [4.69, 9.17) is 5.11 Å². The number of carbonyl (C=O) groups is 2. The fourth-order valence-corrected chi connectivity index (χ4v) is 1.71. The van der Waals surface area contributed by atoms with Gasteiger partial charge in [-0.1, -0.05) is 17.3 Å². The summed E-state index contributed by atoms with van der Waals surface area (Å²) in [6.45, 7) is 1.66. The van der Waals surface area contributed by atoms with E-state index in [0.717, 1.165) is 0 Å². The van der Waals surface area contributed by atoms with E-state index in [9.17, 15) is 9.59 Å². The Hall–Kier alpha value is -2.70. The summed E-state index contributed by atoms with van der Waals surface area (Å²) in [5, 5.41) is 18.9. The molecule has 1 aromatic heterocycles. The minimum atomic E-state index is -1.07. The number of aryl methyl sites for hydroxylation is 1. The second kappa shape index (κ2) is 5.30. The van der Waals surface area contributed by atoms with Gasteiger partial charge in [0.2, 0.25) is 5.91 Å². The Labute approximate surface area is 108 Å². The lowest BCUT2D eigenvalue weighted by atomic mass is 10.1. The van der Waals surface area contributed by atoms with Crippen LogP contribution in [0.4, 0.5) is 5.69 Å². The van der Waals surface area contributed by atoms with Crippen molar-refractivity contribution in [1.29, 1.82) is 0 Å². The summed E-state index contributed by atoms with van der Waals surface area (Å²) in [4.78, 5) is 22.9. The minimum absolute atomic E-state index is 0.0208. The number of carboxylic acids is 1. The van der Waals surface area contributed by atoms with Crippen molar-refractivity contribution in [3.63, 3.8) is 0 Å². The van der Waals surface area contributed by atoms with Crippen LogP contribution in [0.15, 0.2) is 30.6 Å². The van der Waals surface area contributed by atoms with Crippen LogP contribution in [0.1, 0.15) is 15.9 Å². The summed E-state index contributed by atoms with van der Waals surface area (Å²) in [7, 11) is 0.